The van der Waals surface area contributed by atoms with Crippen molar-refractivity contribution in [2.45, 2.75) is 45.1 Å². The van der Waals surface area contributed by atoms with Crippen LogP contribution in [0.3, 0.4) is 0 Å². The molecule has 1 aliphatic heterocycles. The quantitative estimate of drug-likeness (QED) is 0.548. The van der Waals surface area contributed by atoms with Crippen molar-refractivity contribution in [1.29, 1.82) is 0 Å². The van der Waals surface area contributed by atoms with Gasteiger partial charge in [-0.25, -0.2) is 4.79 Å². The largest absolute Gasteiger partial charge is 0.494 e. The van der Waals surface area contributed by atoms with E-state index in [0.717, 1.165) is 41.5 Å². The second-order valence-electron chi connectivity index (χ2n) is 7.37. The first-order valence-electron chi connectivity index (χ1n) is 10.2. The number of ether oxygens (including phenoxy) is 1. The van der Waals surface area contributed by atoms with Crippen LogP contribution >= 0.6 is 0 Å². The number of hydrogen-bond donors (Lipinski definition) is 1. The Kier molecular flexibility index (Phi) is 5.64. The number of benzene rings is 2. The van der Waals surface area contributed by atoms with Gasteiger partial charge >= 0.3 is 6.09 Å². The summed E-state index contributed by atoms with van der Waals surface area (Å²) < 4.78 is 11.2. The lowest BCUT2D eigenvalue weighted by molar-refractivity contribution is 0.131. The molecular weight excluding hydrogens is 370 g/mol. The first kappa shape index (κ1) is 19.2. The van der Waals surface area contributed by atoms with E-state index >= 15 is 0 Å². The van der Waals surface area contributed by atoms with Gasteiger partial charge in [-0.3, -0.25) is 4.90 Å². The summed E-state index contributed by atoms with van der Waals surface area (Å²) in [6, 6.07) is 11.6. The third-order valence-electron chi connectivity index (χ3n) is 5.31. The average Bonchev–Trinajstić information content (AvgIpc) is 3.40. The number of amides is 1. The van der Waals surface area contributed by atoms with E-state index in [-0.39, 0.29) is 6.04 Å². The Morgan fingerprint density at radius 3 is 2.90 bits per heavy atom. The molecule has 0 spiro atoms. The fourth-order valence-corrected chi connectivity index (χ4v) is 3.73. The number of carbonyl (C=O) groups is 1. The second-order valence-corrected chi connectivity index (χ2v) is 7.37. The summed E-state index contributed by atoms with van der Waals surface area (Å²) in [6.45, 7) is 3.41. The van der Waals surface area contributed by atoms with Crippen LogP contribution < -0.4 is 4.74 Å². The molecule has 1 amide bonds. The molecule has 1 atom stereocenters. The Hall–Kier alpha value is -3.09. The van der Waals surface area contributed by atoms with E-state index in [2.05, 4.69) is 17.1 Å². The Balaban J connectivity index is 1.51. The molecule has 1 aliphatic rings. The van der Waals surface area contributed by atoms with Crippen LogP contribution in [0.15, 0.2) is 40.9 Å². The number of aromatic nitrogens is 2. The summed E-state index contributed by atoms with van der Waals surface area (Å²) >= 11 is 0. The average molecular weight is 395 g/mol. The molecule has 0 aliphatic carbocycles. The van der Waals surface area contributed by atoms with Crippen molar-refractivity contribution in [1.82, 2.24) is 15.0 Å². The fourth-order valence-electron chi connectivity index (χ4n) is 3.73. The monoisotopic (exact) mass is 395 g/mol. The minimum atomic E-state index is -0.953. The van der Waals surface area contributed by atoms with Crippen molar-refractivity contribution < 1.29 is 19.2 Å². The lowest BCUT2D eigenvalue weighted by atomic mass is 10.1. The zero-order valence-corrected chi connectivity index (χ0v) is 16.5. The maximum absolute atomic E-state index is 11.4. The summed E-state index contributed by atoms with van der Waals surface area (Å²) in [7, 11) is 0. The van der Waals surface area contributed by atoms with Crippen molar-refractivity contribution in [2.75, 3.05) is 13.2 Å². The molecule has 0 saturated carbocycles. The Morgan fingerprint density at radius 1 is 1.24 bits per heavy atom. The SMILES string of the molecule is CCCCCOc1ccc2cc(-c3noc([C@@H]4CCCN4C(=O)O)n3)ccc2c1. The Morgan fingerprint density at radius 2 is 2.07 bits per heavy atom. The van der Waals surface area contributed by atoms with Gasteiger partial charge in [0.25, 0.3) is 0 Å². The van der Waals surface area contributed by atoms with Gasteiger partial charge < -0.3 is 14.4 Å². The first-order valence-corrected chi connectivity index (χ1v) is 10.2. The molecule has 1 saturated heterocycles. The molecular formula is C22H25N3O4. The van der Waals surface area contributed by atoms with E-state index in [4.69, 9.17) is 9.26 Å². The number of carboxylic acid groups (broad SMARTS) is 1. The van der Waals surface area contributed by atoms with Crippen LogP contribution in [0, 0.1) is 0 Å². The summed E-state index contributed by atoms with van der Waals surface area (Å²) in [5.74, 6) is 1.70. The van der Waals surface area contributed by atoms with Crippen molar-refractivity contribution in [3.63, 3.8) is 0 Å². The van der Waals surface area contributed by atoms with Crippen LogP contribution in [0.2, 0.25) is 0 Å². The highest BCUT2D eigenvalue weighted by Crippen LogP contribution is 2.32. The first-order chi connectivity index (χ1) is 14.2. The topological polar surface area (TPSA) is 88.7 Å². The summed E-state index contributed by atoms with van der Waals surface area (Å²) in [4.78, 5) is 17.2. The lowest BCUT2D eigenvalue weighted by Crippen LogP contribution is -2.28. The van der Waals surface area contributed by atoms with E-state index in [1.165, 1.54) is 17.7 Å². The third-order valence-corrected chi connectivity index (χ3v) is 5.31. The highest BCUT2D eigenvalue weighted by atomic mass is 16.5. The molecule has 0 radical (unpaired) electrons. The number of hydrogen-bond acceptors (Lipinski definition) is 5. The summed E-state index contributed by atoms with van der Waals surface area (Å²) in [5.41, 5.74) is 0.837. The van der Waals surface area contributed by atoms with Crippen LogP contribution in [0.5, 0.6) is 5.75 Å². The standard InChI is InChI=1S/C22H25N3O4/c1-2-3-4-12-28-18-10-9-15-13-17(8-7-16(15)14-18)20-23-21(29-24-20)19-6-5-11-25(19)22(26)27/h7-10,13-14,19H,2-6,11-12H2,1H3,(H,26,27)/t19-/m0/s1. The maximum Gasteiger partial charge on any atom is 0.407 e. The molecule has 0 unspecified atom stereocenters. The van der Waals surface area contributed by atoms with Gasteiger partial charge in [-0.05, 0) is 48.2 Å². The number of unbranched alkanes of at least 4 members (excludes halogenated alkanes) is 2. The molecule has 29 heavy (non-hydrogen) atoms. The highest BCUT2D eigenvalue weighted by molar-refractivity contribution is 5.87. The Bertz CT molecular complexity index is 1000. The predicted molar refractivity (Wildman–Crippen MR) is 109 cm³/mol. The normalized spacial score (nSPS) is 16.4. The number of rotatable bonds is 7. The molecule has 4 rings (SSSR count). The van der Waals surface area contributed by atoms with E-state index in [1.54, 1.807) is 0 Å². The smallest absolute Gasteiger partial charge is 0.407 e. The lowest BCUT2D eigenvalue weighted by Gasteiger charge is -2.17. The van der Waals surface area contributed by atoms with E-state index in [1.807, 2.05) is 36.4 Å². The van der Waals surface area contributed by atoms with E-state index in [9.17, 15) is 9.90 Å². The van der Waals surface area contributed by atoms with E-state index < -0.39 is 6.09 Å². The van der Waals surface area contributed by atoms with Crippen LogP contribution in [-0.4, -0.2) is 39.4 Å². The minimum Gasteiger partial charge on any atom is -0.494 e. The molecule has 1 fully saturated rings. The van der Waals surface area contributed by atoms with Crippen LogP contribution in [0.4, 0.5) is 4.79 Å². The van der Waals surface area contributed by atoms with Gasteiger partial charge in [0, 0.05) is 12.1 Å². The van der Waals surface area contributed by atoms with Crippen LogP contribution in [0.25, 0.3) is 22.2 Å². The van der Waals surface area contributed by atoms with Gasteiger partial charge in [0.15, 0.2) is 0 Å². The van der Waals surface area contributed by atoms with E-state index in [0.29, 0.717) is 24.7 Å². The van der Waals surface area contributed by atoms with Gasteiger partial charge in [-0.2, -0.15) is 4.98 Å². The maximum atomic E-state index is 11.4. The zero-order chi connectivity index (χ0) is 20.2. The van der Waals surface area contributed by atoms with Crippen molar-refractivity contribution in [2.24, 2.45) is 0 Å². The Labute approximate surface area is 169 Å². The zero-order valence-electron chi connectivity index (χ0n) is 16.5. The minimum absolute atomic E-state index is 0.357. The number of likely N-dealkylation sites (tertiary alicyclic amines) is 1. The molecule has 0 bridgehead atoms. The molecule has 7 heteroatoms. The van der Waals surface area contributed by atoms with Gasteiger partial charge in [-0.1, -0.05) is 43.1 Å². The molecule has 1 aromatic heterocycles. The number of fused-ring (bicyclic) bond motifs is 1. The summed E-state index contributed by atoms with van der Waals surface area (Å²) in [5, 5.41) is 15.5. The highest BCUT2D eigenvalue weighted by Gasteiger charge is 2.34. The second kappa shape index (κ2) is 8.51. The van der Waals surface area contributed by atoms with Gasteiger partial charge in [0.05, 0.1) is 6.61 Å². The molecule has 7 nitrogen and oxygen atoms in total. The van der Waals surface area contributed by atoms with Gasteiger partial charge in [0.1, 0.15) is 11.8 Å². The third kappa shape index (κ3) is 4.18. The van der Waals surface area contributed by atoms with Crippen molar-refractivity contribution >= 4 is 16.9 Å². The molecule has 2 heterocycles. The van der Waals surface area contributed by atoms with Gasteiger partial charge in [-0.15, -0.1) is 0 Å². The molecule has 152 valence electrons. The van der Waals surface area contributed by atoms with Crippen molar-refractivity contribution in [3.05, 3.63) is 42.3 Å². The van der Waals surface area contributed by atoms with Crippen molar-refractivity contribution in [3.8, 4) is 17.1 Å². The van der Waals surface area contributed by atoms with Crippen LogP contribution in [-0.2, 0) is 0 Å². The number of nitrogens with zero attached hydrogens (tertiary/aromatic N) is 3. The van der Waals surface area contributed by atoms with Gasteiger partial charge in [0.2, 0.25) is 11.7 Å². The molecule has 1 N–H and O–H groups in total. The summed E-state index contributed by atoms with van der Waals surface area (Å²) in [6.07, 6.45) is 3.96. The fraction of sp³-hybridized carbons (Fsp3) is 0.409. The predicted octanol–water partition coefficient (Wildman–Crippen LogP) is 5.27. The molecule has 3 aromatic rings. The van der Waals surface area contributed by atoms with Crippen LogP contribution in [0.1, 0.15) is 51.0 Å². The molecule has 2 aromatic carbocycles.